The van der Waals surface area contributed by atoms with Crippen LogP contribution in [0.5, 0.6) is 17.2 Å². The van der Waals surface area contributed by atoms with Gasteiger partial charge >= 0.3 is 11.9 Å². The van der Waals surface area contributed by atoms with Crippen molar-refractivity contribution in [1.29, 1.82) is 0 Å². The van der Waals surface area contributed by atoms with Crippen molar-refractivity contribution >= 4 is 18.1 Å². The highest BCUT2D eigenvalue weighted by Crippen LogP contribution is 2.29. The number of nitrogens with zero attached hydrogens (tertiary/aromatic N) is 2. The number of rotatable bonds is 12. The van der Waals surface area contributed by atoms with E-state index in [0.29, 0.717) is 28.6 Å². The summed E-state index contributed by atoms with van der Waals surface area (Å²) >= 11 is 0. The van der Waals surface area contributed by atoms with Gasteiger partial charge in [0.25, 0.3) is 0 Å². The third-order valence-electron chi connectivity index (χ3n) is 6.12. The molecule has 10 nitrogen and oxygen atoms in total. The van der Waals surface area contributed by atoms with Crippen LogP contribution < -0.4 is 19.6 Å². The van der Waals surface area contributed by atoms with E-state index >= 15 is 0 Å². The molecule has 2 aromatic heterocycles. The topological polar surface area (TPSA) is 114 Å². The number of furan rings is 1. The van der Waals surface area contributed by atoms with E-state index in [1.165, 1.54) is 13.3 Å². The second-order valence-corrected chi connectivity index (χ2v) is 9.12. The first-order valence-corrected chi connectivity index (χ1v) is 13.1. The lowest BCUT2D eigenvalue weighted by molar-refractivity contribution is -0.150. The van der Waals surface area contributed by atoms with E-state index in [2.05, 4.69) is 41.1 Å². The molecule has 0 spiro atoms. The van der Waals surface area contributed by atoms with E-state index in [0.717, 1.165) is 17.1 Å². The summed E-state index contributed by atoms with van der Waals surface area (Å²) in [7, 11) is 1.48. The van der Waals surface area contributed by atoms with E-state index in [4.69, 9.17) is 23.4 Å². The summed E-state index contributed by atoms with van der Waals surface area (Å²) in [5.74, 6) is 1.08. The zero-order valence-electron chi connectivity index (χ0n) is 23.7. The molecule has 0 aliphatic carbocycles. The number of benzene rings is 2. The second kappa shape index (κ2) is 13.4. The molecule has 0 radical (unpaired) electrons. The minimum absolute atomic E-state index is 0.101. The summed E-state index contributed by atoms with van der Waals surface area (Å²) in [6.07, 6.45) is 0.655. The molecule has 0 unspecified atom stereocenters. The van der Waals surface area contributed by atoms with Gasteiger partial charge in [0.2, 0.25) is 0 Å². The van der Waals surface area contributed by atoms with Gasteiger partial charge in [-0.1, -0.05) is 0 Å². The van der Waals surface area contributed by atoms with Gasteiger partial charge in [-0.2, -0.15) is 5.10 Å². The number of aromatic nitrogens is 1. The van der Waals surface area contributed by atoms with Crippen LogP contribution in [0.15, 0.2) is 76.2 Å². The quantitative estimate of drug-likeness (QED) is 0.141. The summed E-state index contributed by atoms with van der Waals surface area (Å²) in [5.41, 5.74) is 6.45. The normalized spacial score (nSPS) is 11.7. The van der Waals surface area contributed by atoms with Gasteiger partial charge in [-0.15, -0.1) is 0 Å². The van der Waals surface area contributed by atoms with E-state index in [1.807, 2.05) is 24.3 Å². The van der Waals surface area contributed by atoms with Crippen LogP contribution in [-0.4, -0.2) is 42.5 Å². The summed E-state index contributed by atoms with van der Waals surface area (Å²) in [5, 5.41) is 3.99. The van der Waals surface area contributed by atoms with Gasteiger partial charge in [0.05, 0.1) is 19.9 Å². The Hall–Kier alpha value is -4.99. The molecule has 41 heavy (non-hydrogen) atoms. The Balaban J connectivity index is 1.29. The predicted molar refractivity (Wildman–Crippen MR) is 153 cm³/mol. The molecule has 1 amide bonds. The van der Waals surface area contributed by atoms with Crippen LogP contribution in [0.25, 0.3) is 5.69 Å². The van der Waals surface area contributed by atoms with Gasteiger partial charge in [-0.25, -0.2) is 10.2 Å². The monoisotopic (exact) mass is 559 g/mol. The number of ether oxygens (including phenoxy) is 4. The molecule has 0 saturated carbocycles. The Morgan fingerprint density at radius 1 is 1.00 bits per heavy atom. The molecule has 0 bridgehead atoms. The van der Waals surface area contributed by atoms with Crippen LogP contribution in [0.3, 0.4) is 0 Å². The van der Waals surface area contributed by atoms with Gasteiger partial charge in [-0.3, -0.25) is 4.79 Å². The lowest BCUT2D eigenvalue weighted by atomic mass is 10.2. The highest BCUT2D eigenvalue weighted by Gasteiger charge is 2.18. The fraction of sp³-hybridized carbons (Fsp3) is 0.258. The van der Waals surface area contributed by atoms with E-state index in [1.54, 1.807) is 44.2 Å². The SMILES string of the molecule is CCOC(=O)[C@@H](C)Oc1ccc(/C=N/NC(=O)c2ccc(COc3ccc(-n4c(C)ccc4C)cc3)o2)cc1OC. The molecule has 2 aromatic carbocycles. The maximum Gasteiger partial charge on any atom is 0.347 e. The third-order valence-corrected chi connectivity index (χ3v) is 6.12. The highest BCUT2D eigenvalue weighted by atomic mass is 16.6. The molecular weight excluding hydrogens is 526 g/mol. The number of hydrogen-bond donors (Lipinski definition) is 1. The molecule has 0 saturated heterocycles. The van der Waals surface area contributed by atoms with Crippen LogP contribution in [0.2, 0.25) is 0 Å². The second-order valence-electron chi connectivity index (χ2n) is 9.12. The van der Waals surface area contributed by atoms with Gasteiger partial charge in [0.15, 0.2) is 23.4 Å². The summed E-state index contributed by atoms with van der Waals surface area (Å²) in [6, 6.07) is 20.2. The Labute approximate surface area is 238 Å². The molecule has 0 aliphatic rings. The number of amides is 1. The van der Waals surface area contributed by atoms with Crippen molar-refractivity contribution in [2.24, 2.45) is 5.10 Å². The number of carbonyl (C=O) groups is 2. The number of nitrogens with one attached hydrogen (secondary N) is 1. The zero-order chi connectivity index (χ0) is 29.4. The van der Waals surface area contributed by atoms with Crippen LogP contribution in [0.1, 0.15) is 47.1 Å². The lowest BCUT2D eigenvalue weighted by Gasteiger charge is -2.16. The number of methoxy groups -OCH3 is 1. The number of aryl methyl sites for hydroxylation is 2. The van der Waals surface area contributed by atoms with E-state index < -0.39 is 18.0 Å². The highest BCUT2D eigenvalue weighted by molar-refractivity contribution is 5.92. The summed E-state index contributed by atoms with van der Waals surface area (Å²) < 4.78 is 29.6. The maximum atomic E-state index is 12.5. The molecule has 4 aromatic rings. The first kappa shape index (κ1) is 29.0. The molecule has 1 atom stereocenters. The smallest absolute Gasteiger partial charge is 0.347 e. The van der Waals surface area contributed by atoms with Crippen molar-refractivity contribution in [3.05, 3.63) is 95.2 Å². The van der Waals surface area contributed by atoms with Gasteiger partial charge in [0, 0.05) is 17.1 Å². The minimum atomic E-state index is -0.796. The summed E-state index contributed by atoms with van der Waals surface area (Å²) in [6.45, 7) is 7.88. The molecule has 214 valence electrons. The van der Waals surface area contributed by atoms with Crippen molar-refractivity contribution in [3.63, 3.8) is 0 Å². The molecule has 0 aliphatic heterocycles. The fourth-order valence-electron chi connectivity index (χ4n) is 4.08. The van der Waals surface area contributed by atoms with Gasteiger partial charge in [-0.05, 0) is 100.0 Å². The standard InChI is InChI=1S/C31H33N3O7/c1-6-38-31(36)22(4)40-27-15-9-23(17-29(27)37-5)18-32-33-30(35)28-16-14-26(41-28)19-39-25-12-10-24(11-13-25)34-20(2)7-8-21(34)3/h7-18,22H,6,19H2,1-5H3,(H,33,35)/b32-18+/t22-/m1/s1. The Morgan fingerprint density at radius 3 is 2.41 bits per heavy atom. The number of esters is 1. The van der Waals surface area contributed by atoms with Crippen molar-refractivity contribution in [2.75, 3.05) is 13.7 Å². The molecule has 0 fully saturated rings. The van der Waals surface area contributed by atoms with Crippen LogP contribution >= 0.6 is 0 Å². The Morgan fingerprint density at radius 2 is 1.73 bits per heavy atom. The predicted octanol–water partition coefficient (Wildman–Crippen LogP) is 5.37. The first-order valence-electron chi connectivity index (χ1n) is 13.1. The maximum absolute atomic E-state index is 12.5. The van der Waals surface area contributed by atoms with Crippen molar-refractivity contribution in [1.82, 2.24) is 9.99 Å². The fourth-order valence-corrected chi connectivity index (χ4v) is 4.08. The van der Waals surface area contributed by atoms with Crippen LogP contribution in [-0.2, 0) is 16.1 Å². The van der Waals surface area contributed by atoms with Crippen LogP contribution in [0.4, 0.5) is 0 Å². The molecule has 1 N–H and O–H groups in total. The zero-order valence-corrected chi connectivity index (χ0v) is 23.7. The molecule has 10 heteroatoms. The van der Waals surface area contributed by atoms with Crippen molar-refractivity contribution in [3.8, 4) is 22.9 Å². The molecule has 4 rings (SSSR count). The Kier molecular flexibility index (Phi) is 9.47. The average Bonchev–Trinajstić information content (AvgIpc) is 3.59. The lowest BCUT2D eigenvalue weighted by Crippen LogP contribution is -2.26. The van der Waals surface area contributed by atoms with E-state index in [9.17, 15) is 9.59 Å². The Bertz CT molecular complexity index is 1500. The number of hydrogen-bond acceptors (Lipinski definition) is 8. The van der Waals surface area contributed by atoms with Crippen LogP contribution in [0, 0.1) is 13.8 Å². The van der Waals surface area contributed by atoms with Crippen molar-refractivity contribution < 1.29 is 33.0 Å². The third kappa shape index (κ3) is 7.36. The number of hydrazone groups is 1. The first-order chi connectivity index (χ1) is 19.8. The van der Waals surface area contributed by atoms with Gasteiger partial charge < -0.3 is 27.9 Å². The van der Waals surface area contributed by atoms with Gasteiger partial charge in [0.1, 0.15) is 18.1 Å². The average molecular weight is 560 g/mol. The number of carbonyl (C=O) groups excluding carboxylic acids is 2. The molecular formula is C31H33N3O7. The summed E-state index contributed by atoms with van der Waals surface area (Å²) in [4.78, 5) is 24.3. The largest absolute Gasteiger partial charge is 0.493 e. The van der Waals surface area contributed by atoms with Crippen molar-refractivity contribution in [2.45, 2.75) is 40.4 Å². The van der Waals surface area contributed by atoms with E-state index in [-0.39, 0.29) is 19.0 Å². The minimum Gasteiger partial charge on any atom is -0.493 e. The molecule has 2 heterocycles.